The zero-order chi connectivity index (χ0) is 9.56. The minimum atomic E-state index is -0.825. The first-order chi connectivity index (χ1) is 5.52. The fourth-order valence-electron chi connectivity index (χ4n) is 0.610. The fourth-order valence-corrected chi connectivity index (χ4v) is 0.610. The first kappa shape index (κ1) is 10.7. The summed E-state index contributed by atoms with van der Waals surface area (Å²) in [4.78, 5) is 20.9. The van der Waals surface area contributed by atoms with Gasteiger partial charge in [0, 0.05) is 0 Å². The summed E-state index contributed by atoms with van der Waals surface area (Å²) in [5.74, 6) is 0.0331. The zero-order valence-electron chi connectivity index (χ0n) is 7.33. The Morgan fingerprint density at radius 1 is 1.50 bits per heavy atom. The van der Waals surface area contributed by atoms with Crippen LogP contribution in [0.5, 0.6) is 0 Å². The fraction of sp³-hybridized carbons (Fsp3) is 0.500. The lowest BCUT2D eigenvalue weighted by molar-refractivity contribution is -0.115. The Hall–Kier alpha value is -1.32. The van der Waals surface area contributed by atoms with Crippen LogP contribution in [0, 0.1) is 5.92 Å². The molecule has 12 heavy (non-hydrogen) atoms. The van der Waals surface area contributed by atoms with Gasteiger partial charge in [-0.25, -0.2) is 4.79 Å². The van der Waals surface area contributed by atoms with E-state index in [0.29, 0.717) is 5.92 Å². The van der Waals surface area contributed by atoms with Crippen molar-refractivity contribution in [3.05, 3.63) is 12.2 Å². The SMILES string of the molecule is CC(C)C/C=C/C(=O)NC(N)=O. The Bertz CT molecular complexity index is 197. The number of nitrogens with one attached hydrogen (secondary N) is 1. The minimum Gasteiger partial charge on any atom is -0.351 e. The molecule has 3 N–H and O–H groups in total. The topological polar surface area (TPSA) is 72.2 Å². The van der Waals surface area contributed by atoms with Gasteiger partial charge in [-0.1, -0.05) is 19.9 Å². The highest BCUT2D eigenvalue weighted by atomic mass is 16.2. The van der Waals surface area contributed by atoms with Crippen molar-refractivity contribution in [2.45, 2.75) is 20.3 Å². The van der Waals surface area contributed by atoms with E-state index in [2.05, 4.69) is 0 Å². The molecule has 4 nitrogen and oxygen atoms in total. The first-order valence-corrected chi connectivity index (χ1v) is 3.79. The highest BCUT2D eigenvalue weighted by Gasteiger charge is 1.97. The van der Waals surface area contributed by atoms with Crippen LogP contribution in [0.3, 0.4) is 0 Å². The lowest BCUT2D eigenvalue weighted by atomic mass is 10.1. The molecule has 0 atom stereocenters. The molecule has 0 unspecified atom stereocenters. The van der Waals surface area contributed by atoms with Gasteiger partial charge in [-0.15, -0.1) is 0 Å². The Morgan fingerprint density at radius 2 is 2.08 bits per heavy atom. The summed E-state index contributed by atoms with van der Waals surface area (Å²) >= 11 is 0. The number of allylic oxidation sites excluding steroid dienone is 1. The van der Waals surface area contributed by atoms with E-state index in [1.165, 1.54) is 6.08 Å². The predicted molar refractivity (Wildman–Crippen MR) is 46.3 cm³/mol. The van der Waals surface area contributed by atoms with Gasteiger partial charge >= 0.3 is 6.03 Å². The average molecular weight is 170 g/mol. The Morgan fingerprint density at radius 3 is 2.50 bits per heavy atom. The van der Waals surface area contributed by atoms with Gasteiger partial charge in [0.1, 0.15) is 0 Å². The number of urea groups is 1. The van der Waals surface area contributed by atoms with Gasteiger partial charge in [-0.3, -0.25) is 10.1 Å². The third-order valence-corrected chi connectivity index (χ3v) is 1.12. The van der Waals surface area contributed by atoms with E-state index in [1.54, 1.807) is 6.08 Å². The second-order valence-electron chi connectivity index (χ2n) is 2.89. The summed E-state index contributed by atoms with van der Waals surface area (Å²) in [6.07, 6.45) is 3.83. The van der Waals surface area contributed by atoms with Crippen molar-refractivity contribution in [2.75, 3.05) is 0 Å². The summed E-state index contributed by atoms with van der Waals surface area (Å²) in [7, 11) is 0. The number of hydrogen-bond donors (Lipinski definition) is 2. The van der Waals surface area contributed by atoms with E-state index in [4.69, 9.17) is 5.73 Å². The standard InChI is InChI=1S/C8H14N2O2/c1-6(2)4-3-5-7(11)10-8(9)12/h3,5-6H,4H2,1-2H3,(H3,9,10,11,12)/b5-3+. The number of hydrogen-bond acceptors (Lipinski definition) is 2. The minimum absolute atomic E-state index is 0.469. The van der Waals surface area contributed by atoms with E-state index in [0.717, 1.165) is 6.42 Å². The van der Waals surface area contributed by atoms with Gasteiger partial charge in [0.05, 0.1) is 0 Å². The molecule has 0 spiro atoms. The molecular weight excluding hydrogens is 156 g/mol. The van der Waals surface area contributed by atoms with Crippen LogP contribution in [0.15, 0.2) is 12.2 Å². The van der Waals surface area contributed by atoms with Gasteiger partial charge in [0.2, 0.25) is 0 Å². The lowest BCUT2D eigenvalue weighted by Crippen LogP contribution is -2.33. The summed E-state index contributed by atoms with van der Waals surface area (Å²) < 4.78 is 0. The molecule has 0 aliphatic carbocycles. The van der Waals surface area contributed by atoms with E-state index in [9.17, 15) is 9.59 Å². The second-order valence-corrected chi connectivity index (χ2v) is 2.89. The van der Waals surface area contributed by atoms with Crippen molar-refractivity contribution >= 4 is 11.9 Å². The molecule has 0 fully saturated rings. The molecule has 0 aliphatic heterocycles. The molecule has 0 bridgehead atoms. The summed E-state index contributed by atoms with van der Waals surface area (Å²) in [6.45, 7) is 4.08. The Balaban J connectivity index is 3.68. The molecule has 0 aromatic heterocycles. The van der Waals surface area contributed by atoms with Crippen molar-refractivity contribution in [3.63, 3.8) is 0 Å². The van der Waals surface area contributed by atoms with Crippen LogP contribution >= 0.6 is 0 Å². The molecule has 68 valence electrons. The molecular formula is C8H14N2O2. The highest BCUT2D eigenvalue weighted by molar-refractivity contribution is 5.99. The molecule has 4 heteroatoms. The number of carbonyl (C=O) groups is 2. The van der Waals surface area contributed by atoms with Crippen LogP contribution in [0.25, 0.3) is 0 Å². The number of nitrogens with two attached hydrogens (primary N) is 1. The Kier molecular flexibility index (Phi) is 4.76. The van der Waals surface area contributed by atoms with Crippen molar-refractivity contribution in [1.82, 2.24) is 5.32 Å². The van der Waals surface area contributed by atoms with Crippen LogP contribution in [-0.2, 0) is 4.79 Å². The third kappa shape index (κ3) is 6.80. The number of carbonyl (C=O) groups excluding carboxylic acids is 2. The number of primary amides is 1. The molecule has 0 aliphatic rings. The van der Waals surface area contributed by atoms with E-state index in [-0.39, 0.29) is 0 Å². The molecule has 0 aromatic carbocycles. The van der Waals surface area contributed by atoms with Crippen LogP contribution in [0.1, 0.15) is 20.3 Å². The van der Waals surface area contributed by atoms with Gasteiger partial charge in [-0.2, -0.15) is 0 Å². The van der Waals surface area contributed by atoms with Gasteiger partial charge in [0.25, 0.3) is 5.91 Å². The van der Waals surface area contributed by atoms with Gasteiger partial charge in [0.15, 0.2) is 0 Å². The van der Waals surface area contributed by atoms with E-state index < -0.39 is 11.9 Å². The third-order valence-electron chi connectivity index (χ3n) is 1.12. The van der Waals surface area contributed by atoms with Gasteiger partial charge < -0.3 is 5.73 Å². The Labute approximate surface area is 71.8 Å². The highest BCUT2D eigenvalue weighted by Crippen LogP contribution is 1.98. The van der Waals surface area contributed by atoms with E-state index in [1.807, 2.05) is 19.2 Å². The van der Waals surface area contributed by atoms with Crippen LogP contribution in [0.2, 0.25) is 0 Å². The van der Waals surface area contributed by atoms with E-state index >= 15 is 0 Å². The quantitative estimate of drug-likeness (QED) is 0.614. The maximum Gasteiger partial charge on any atom is 0.319 e. The van der Waals surface area contributed by atoms with Crippen molar-refractivity contribution in [2.24, 2.45) is 11.7 Å². The largest absolute Gasteiger partial charge is 0.351 e. The van der Waals surface area contributed by atoms with Crippen molar-refractivity contribution < 1.29 is 9.59 Å². The molecule has 0 aromatic rings. The first-order valence-electron chi connectivity index (χ1n) is 3.79. The second kappa shape index (κ2) is 5.35. The summed E-state index contributed by atoms with van der Waals surface area (Å²) in [5.41, 5.74) is 4.72. The average Bonchev–Trinajstić information content (AvgIpc) is 1.84. The van der Waals surface area contributed by atoms with Gasteiger partial charge in [-0.05, 0) is 18.4 Å². The molecule has 0 saturated heterocycles. The summed E-state index contributed by atoms with van der Waals surface area (Å²) in [5, 5.41) is 1.93. The van der Waals surface area contributed by atoms with Crippen molar-refractivity contribution in [3.8, 4) is 0 Å². The summed E-state index contributed by atoms with van der Waals surface area (Å²) in [6, 6.07) is -0.825. The monoisotopic (exact) mass is 170 g/mol. The molecule has 0 saturated carbocycles. The number of imide groups is 1. The van der Waals surface area contributed by atoms with Crippen molar-refractivity contribution in [1.29, 1.82) is 0 Å². The molecule has 0 rings (SSSR count). The maximum absolute atomic E-state index is 10.7. The molecule has 0 heterocycles. The van der Waals surface area contributed by atoms with Crippen LogP contribution < -0.4 is 11.1 Å². The molecule has 0 radical (unpaired) electrons. The van der Waals surface area contributed by atoms with Crippen LogP contribution in [-0.4, -0.2) is 11.9 Å². The normalized spacial score (nSPS) is 10.6. The van der Waals surface area contributed by atoms with Crippen LogP contribution in [0.4, 0.5) is 4.79 Å². The lowest BCUT2D eigenvalue weighted by Gasteiger charge is -1.96. The molecule has 3 amide bonds. The number of rotatable bonds is 3. The maximum atomic E-state index is 10.7. The predicted octanol–water partition coefficient (Wildman–Crippen LogP) is 0.784. The smallest absolute Gasteiger partial charge is 0.319 e. The zero-order valence-corrected chi connectivity index (χ0v) is 7.33. The number of amides is 3.